The molecule has 2 rings (SSSR count). The van der Waals surface area contributed by atoms with Gasteiger partial charge < -0.3 is 10.1 Å². The van der Waals surface area contributed by atoms with E-state index in [9.17, 15) is 18.0 Å². The van der Waals surface area contributed by atoms with Gasteiger partial charge in [-0.1, -0.05) is 0 Å². The maximum Gasteiger partial charge on any atom is 0.435 e. The molecule has 0 unspecified atom stereocenters. The number of carbonyl (C=O) groups excluding carboxylic acids is 1. The molecule has 0 spiro atoms. The molecule has 0 radical (unpaired) electrons. The van der Waals surface area contributed by atoms with Crippen LogP contribution in [0.2, 0.25) is 0 Å². The summed E-state index contributed by atoms with van der Waals surface area (Å²) in [5.74, 6) is 0.0788. The number of nitrogens with zero attached hydrogens (tertiary/aromatic N) is 3. The Hall–Kier alpha value is -2.58. The second-order valence-corrected chi connectivity index (χ2v) is 4.72. The molecule has 1 N–H and O–H groups in total. The zero-order valence-electron chi connectivity index (χ0n) is 12.3. The lowest BCUT2D eigenvalue weighted by Crippen LogP contribution is -2.32. The number of hydrogen-bond donors (Lipinski definition) is 1. The molecule has 124 valence electrons. The van der Waals surface area contributed by atoms with Gasteiger partial charge >= 0.3 is 6.18 Å². The second kappa shape index (κ2) is 7.12. The van der Waals surface area contributed by atoms with Crippen molar-refractivity contribution >= 4 is 5.91 Å². The Balaban J connectivity index is 1.76. The summed E-state index contributed by atoms with van der Waals surface area (Å²) in [5.41, 5.74) is -0.570. The maximum absolute atomic E-state index is 12.5. The molecule has 0 bridgehead atoms. The summed E-state index contributed by atoms with van der Waals surface area (Å²) < 4.78 is 44.0. The van der Waals surface area contributed by atoms with Gasteiger partial charge in [-0.05, 0) is 25.1 Å². The van der Waals surface area contributed by atoms with Crippen LogP contribution in [0.1, 0.15) is 11.4 Å². The van der Waals surface area contributed by atoms with Crippen molar-refractivity contribution in [2.45, 2.75) is 19.6 Å². The molecule has 1 amide bonds. The third kappa shape index (κ3) is 4.97. The van der Waals surface area contributed by atoms with Gasteiger partial charge in [0.2, 0.25) is 0 Å². The molecule has 9 heteroatoms. The van der Waals surface area contributed by atoms with Crippen LogP contribution in [0.15, 0.2) is 30.6 Å². The minimum Gasteiger partial charge on any atom is -0.482 e. The Morgan fingerprint density at radius 2 is 2.22 bits per heavy atom. The largest absolute Gasteiger partial charge is 0.482 e. The maximum atomic E-state index is 12.5. The summed E-state index contributed by atoms with van der Waals surface area (Å²) in [7, 11) is 0. The van der Waals surface area contributed by atoms with Crippen molar-refractivity contribution in [3.63, 3.8) is 0 Å². The van der Waals surface area contributed by atoms with Gasteiger partial charge in [-0.15, -0.1) is 0 Å². The summed E-state index contributed by atoms with van der Waals surface area (Å²) in [6, 6.07) is 4.30. The van der Waals surface area contributed by atoms with Crippen molar-refractivity contribution in [1.29, 1.82) is 0 Å². The molecule has 6 nitrogen and oxygen atoms in total. The van der Waals surface area contributed by atoms with Crippen molar-refractivity contribution in [1.82, 2.24) is 20.1 Å². The number of rotatable bonds is 6. The highest BCUT2D eigenvalue weighted by atomic mass is 19.4. The standard InChI is InChI=1S/C14H15F3N4O2/c1-10-7-12(14(15,16)17)20-21(10)6-5-19-13(22)9-23-11-3-2-4-18-8-11/h2-4,7-8H,5-6,9H2,1H3,(H,19,22). The van der Waals surface area contributed by atoms with Crippen molar-refractivity contribution in [3.05, 3.63) is 42.0 Å². The van der Waals surface area contributed by atoms with Gasteiger partial charge in [0.1, 0.15) is 5.75 Å². The van der Waals surface area contributed by atoms with Gasteiger partial charge in [0.15, 0.2) is 12.3 Å². The van der Waals surface area contributed by atoms with Crippen molar-refractivity contribution in [3.8, 4) is 5.75 Å². The van der Waals surface area contributed by atoms with Crippen molar-refractivity contribution in [2.24, 2.45) is 0 Å². The van der Waals surface area contributed by atoms with Crippen LogP contribution < -0.4 is 10.1 Å². The molecule has 0 aromatic carbocycles. The summed E-state index contributed by atoms with van der Waals surface area (Å²) in [5, 5.41) is 6.02. The zero-order valence-corrected chi connectivity index (χ0v) is 12.3. The van der Waals surface area contributed by atoms with Gasteiger partial charge in [0, 0.05) is 18.4 Å². The Labute approximate surface area is 130 Å². The fourth-order valence-electron chi connectivity index (χ4n) is 1.81. The number of amides is 1. The number of hydrogen-bond acceptors (Lipinski definition) is 4. The van der Waals surface area contributed by atoms with E-state index in [4.69, 9.17) is 4.74 Å². The van der Waals surface area contributed by atoms with Crippen LogP contribution >= 0.6 is 0 Å². The lowest BCUT2D eigenvalue weighted by Gasteiger charge is -2.08. The predicted octanol–water partition coefficient (Wildman–Crippen LogP) is 1.80. The van der Waals surface area contributed by atoms with E-state index in [1.54, 1.807) is 18.3 Å². The molecule has 0 aliphatic carbocycles. The fraction of sp³-hybridized carbons (Fsp3) is 0.357. The fourth-order valence-corrected chi connectivity index (χ4v) is 1.81. The second-order valence-electron chi connectivity index (χ2n) is 4.72. The zero-order chi connectivity index (χ0) is 16.9. The first kappa shape index (κ1) is 16.8. The van der Waals surface area contributed by atoms with E-state index in [1.165, 1.54) is 17.8 Å². The number of aromatic nitrogens is 3. The Morgan fingerprint density at radius 1 is 1.43 bits per heavy atom. The predicted molar refractivity (Wildman–Crippen MR) is 74.7 cm³/mol. The van der Waals surface area contributed by atoms with Crippen LogP contribution in [0.3, 0.4) is 0 Å². The third-order valence-corrected chi connectivity index (χ3v) is 2.92. The molecular weight excluding hydrogens is 313 g/mol. The number of nitrogens with one attached hydrogen (secondary N) is 1. The number of pyridine rings is 1. The topological polar surface area (TPSA) is 69.0 Å². The van der Waals surface area contributed by atoms with Crippen LogP contribution in [-0.2, 0) is 17.5 Å². The Kier molecular flexibility index (Phi) is 5.20. The number of carbonyl (C=O) groups is 1. The molecule has 2 aromatic rings. The number of aryl methyl sites for hydroxylation is 1. The van der Waals surface area contributed by atoms with E-state index in [2.05, 4.69) is 15.4 Å². The SMILES string of the molecule is Cc1cc(C(F)(F)F)nn1CCNC(=O)COc1cccnc1. The average molecular weight is 328 g/mol. The monoisotopic (exact) mass is 328 g/mol. The average Bonchev–Trinajstić information content (AvgIpc) is 2.88. The Morgan fingerprint density at radius 3 is 2.83 bits per heavy atom. The number of alkyl halides is 3. The minimum atomic E-state index is -4.48. The summed E-state index contributed by atoms with van der Waals surface area (Å²) in [4.78, 5) is 15.4. The molecule has 2 aromatic heterocycles. The van der Waals surface area contributed by atoms with Crippen molar-refractivity contribution < 1.29 is 22.7 Å². The van der Waals surface area contributed by atoms with Crippen LogP contribution in [0.5, 0.6) is 5.75 Å². The number of halogens is 3. The van der Waals surface area contributed by atoms with Crippen molar-refractivity contribution in [2.75, 3.05) is 13.2 Å². The number of ether oxygens (including phenoxy) is 1. The summed E-state index contributed by atoms with van der Waals surface area (Å²) in [6.07, 6.45) is -1.43. The molecule has 0 saturated heterocycles. The highest BCUT2D eigenvalue weighted by Gasteiger charge is 2.34. The first-order chi connectivity index (χ1) is 10.9. The van der Waals surface area contributed by atoms with Crippen LogP contribution in [0.25, 0.3) is 0 Å². The van der Waals surface area contributed by atoms with Crippen LogP contribution in [0, 0.1) is 6.92 Å². The molecule has 0 aliphatic heterocycles. The van der Waals surface area contributed by atoms with Gasteiger partial charge in [-0.25, -0.2) is 0 Å². The van der Waals surface area contributed by atoms with Gasteiger partial charge in [-0.3, -0.25) is 14.5 Å². The van der Waals surface area contributed by atoms with E-state index < -0.39 is 11.9 Å². The molecule has 2 heterocycles. The van der Waals surface area contributed by atoms with E-state index >= 15 is 0 Å². The van der Waals surface area contributed by atoms with Gasteiger partial charge in [0.25, 0.3) is 5.91 Å². The summed E-state index contributed by atoms with van der Waals surface area (Å²) in [6.45, 7) is 1.61. The molecular formula is C14H15F3N4O2. The highest BCUT2D eigenvalue weighted by Crippen LogP contribution is 2.28. The first-order valence-electron chi connectivity index (χ1n) is 6.77. The highest BCUT2D eigenvalue weighted by molar-refractivity contribution is 5.77. The summed E-state index contributed by atoms with van der Waals surface area (Å²) >= 11 is 0. The van der Waals surface area contributed by atoms with Crippen LogP contribution in [-0.4, -0.2) is 33.8 Å². The third-order valence-electron chi connectivity index (χ3n) is 2.92. The molecule has 0 atom stereocenters. The minimum absolute atomic E-state index is 0.139. The molecule has 23 heavy (non-hydrogen) atoms. The lowest BCUT2D eigenvalue weighted by molar-refractivity contribution is -0.141. The Bertz CT molecular complexity index is 656. The first-order valence-corrected chi connectivity index (χ1v) is 6.77. The van der Waals surface area contributed by atoms with Gasteiger partial charge in [0.05, 0.1) is 12.7 Å². The molecule has 0 fully saturated rings. The van der Waals surface area contributed by atoms with E-state index in [1.807, 2.05) is 0 Å². The lowest BCUT2D eigenvalue weighted by atomic mass is 10.3. The van der Waals surface area contributed by atoms with Crippen LogP contribution in [0.4, 0.5) is 13.2 Å². The molecule has 0 saturated carbocycles. The van der Waals surface area contributed by atoms with E-state index in [-0.39, 0.29) is 25.6 Å². The van der Waals surface area contributed by atoms with Gasteiger partial charge in [-0.2, -0.15) is 18.3 Å². The van der Waals surface area contributed by atoms with E-state index in [0.717, 1.165) is 6.07 Å². The smallest absolute Gasteiger partial charge is 0.435 e. The normalized spacial score (nSPS) is 11.3. The van der Waals surface area contributed by atoms with E-state index in [0.29, 0.717) is 11.4 Å². The molecule has 0 aliphatic rings. The quantitative estimate of drug-likeness (QED) is 0.878.